The van der Waals surface area contributed by atoms with E-state index in [0.717, 1.165) is 19.4 Å². The van der Waals surface area contributed by atoms with Crippen molar-refractivity contribution in [3.8, 4) is 0 Å². The summed E-state index contributed by atoms with van der Waals surface area (Å²) in [6.45, 7) is 13.5. The van der Waals surface area contributed by atoms with Gasteiger partial charge in [-0.2, -0.15) is 0 Å². The van der Waals surface area contributed by atoms with Gasteiger partial charge in [0.2, 0.25) is 0 Å². The first-order chi connectivity index (χ1) is 15.2. The molecule has 0 radical (unpaired) electrons. The lowest BCUT2D eigenvalue weighted by molar-refractivity contribution is 0.258. The smallest absolute Gasteiger partial charge is 0.0895 e. The Morgan fingerprint density at radius 1 is 0.581 bits per heavy atom. The minimum Gasteiger partial charge on any atom is -0.303 e. The van der Waals surface area contributed by atoms with Crippen molar-refractivity contribution in [2.75, 3.05) is 26.2 Å². The molecule has 0 N–H and O–H groups in total. The van der Waals surface area contributed by atoms with E-state index < -0.39 is 0 Å². The predicted octanol–water partition coefficient (Wildman–Crippen LogP) is 8.93. The van der Waals surface area contributed by atoms with Gasteiger partial charge in [-0.1, -0.05) is 111 Å². The lowest BCUT2D eigenvalue weighted by atomic mass is 10.1. The van der Waals surface area contributed by atoms with Crippen LogP contribution in [0.4, 0.5) is 0 Å². The summed E-state index contributed by atoms with van der Waals surface area (Å²) in [6, 6.07) is 3.25. The van der Waals surface area contributed by atoms with Gasteiger partial charge in [0.05, 0.1) is 18.6 Å². The van der Waals surface area contributed by atoms with Crippen molar-refractivity contribution in [3.05, 3.63) is 0 Å². The fourth-order valence-electron chi connectivity index (χ4n) is 3.93. The molecule has 0 amide bonds. The van der Waals surface area contributed by atoms with Crippen molar-refractivity contribution in [2.45, 2.75) is 149 Å². The molecule has 0 saturated carbocycles. The number of nitrogens with zero attached hydrogens (tertiary/aromatic N) is 3. The Morgan fingerprint density at radius 3 is 1.45 bits per heavy atom. The summed E-state index contributed by atoms with van der Waals surface area (Å²) in [7, 11) is 0. The Kier molecular flexibility index (Phi) is 25.1. The van der Waals surface area contributed by atoms with Gasteiger partial charge in [-0.25, -0.2) is 9.98 Å². The molecule has 0 bridgehead atoms. The highest BCUT2D eigenvalue weighted by atomic mass is 15.1. The molecule has 184 valence electrons. The van der Waals surface area contributed by atoms with Gasteiger partial charge in [0, 0.05) is 0 Å². The molecule has 0 aliphatic rings. The summed E-state index contributed by atoms with van der Waals surface area (Å²) in [4.78, 5) is 11.4. The van der Waals surface area contributed by atoms with E-state index in [1.807, 2.05) is 0 Å². The molecule has 3 nitrogen and oxygen atoms in total. The molecule has 0 aliphatic heterocycles. The minimum atomic E-state index is 0.351. The van der Waals surface area contributed by atoms with Gasteiger partial charge >= 0.3 is 0 Å². The predicted molar refractivity (Wildman–Crippen MR) is 141 cm³/mol. The summed E-state index contributed by atoms with van der Waals surface area (Å²) in [5.41, 5.74) is 0. The van der Waals surface area contributed by atoms with Crippen LogP contribution in [0.3, 0.4) is 0 Å². The van der Waals surface area contributed by atoms with Crippen molar-refractivity contribution in [1.82, 2.24) is 4.90 Å². The van der Waals surface area contributed by atoms with Crippen LogP contribution in [0.1, 0.15) is 143 Å². The van der Waals surface area contributed by atoms with E-state index in [0.29, 0.717) is 6.04 Å². The van der Waals surface area contributed by atoms with E-state index in [-0.39, 0.29) is 0 Å². The highest BCUT2D eigenvalue weighted by Gasteiger charge is 2.05. The highest BCUT2D eigenvalue weighted by molar-refractivity contribution is 5.41. The molecule has 31 heavy (non-hydrogen) atoms. The van der Waals surface area contributed by atoms with Gasteiger partial charge in [-0.05, 0) is 52.2 Å². The van der Waals surface area contributed by atoms with Crippen LogP contribution >= 0.6 is 0 Å². The molecule has 0 aromatic carbocycles. The van der Waals surface area contributed by atoms with Crippen LogP contribution in [0.5, 0.6) is 0 Å². The normalized spacial score (nSPS) is 12.2. The fraction of sp³-hybridized carbons (Fsp3) is 0.964. The number of hydrogen-bond acceptors (Lipinski definition) is 3. The van der Waals surface area contributed by atoms with E-state index in [1.165, 1.54) is 122 Å². The zero-order valence-corrected chi connectivity index (χ0v) is 22.0. The van der Waals surface area contributed by atoms with Gasteiger partial charge in [0.15, 0.2) is 0 Å². The topological polar surface area (TPSA) is 28.0 Å². The molecule has 0 rings (SSSR count). The number of aliphatic imine (C=N–C) groups is 2. The van der Waals surface area contributed by atoms with Crippen LogP contribution in [0.2, 0.25) is 0 Å². The molecule has 0 aromatic heterocycles. The Labute approximate surface area is 196 Å². The quantitative estimate of drug-likeness (QED) is 0.110. The van der Waals surface area contributed by atoms with Crippen LogP contribution in [-0.4, -0.2) is 43.1 Å². The van der Waals surface area contributed by atoms with Crippen molar-refractivity contribution >= 4 is 6.01 Å². The molecule has 0 heterocycles. The molecule has 3 heteroatoms. The van der Waals surface area contributed by atoms with E-state index in [4.69, 9.17) is 0 Å². The highest BCUT2D eigenvalue weighted by Crippen LogP contribution is 2.11. The van der Waals surface area contributed by atoms with Gasteiger partial charge in [-0.3, -0.25) is 0 Å². The van der Waals surface area contributed by atoms with Gasteiger partial charge < -0.3 is 4.90 Å². The largest absolute Gasteiger partial charge is 0.303 e. The molecular formula is C28H57N3. The van der Waals surface area contributed by atoms with E-state index in [9.17, 15) is 0 Å². The molecule has 0 aliphatic carbocycles. The third-order valence-electron chi connectivity index (χ3n) is 6.34. The average molecular weight is 436 g/mol. The molecule has 0 spiro atoms. The summed E-state index contributed by atoms with van der Waals surface area (Å²) in [5, 5.41) is 0. The van der Waals surface area contributed by atoms with Crippen molar-refractivity contribution in [1.29, 1.82) is 0 Å². The number of hydrogen-bond donors (Lipinski definition) is 0. The average Bonchev–Trinajstić information content (AvgIpc) is 2.78. The first-order valence-electron chi connectivity index (χ1n) is 14.1. The third kappa shape index (κ3) is 23.8. The Hall–Kier alpha value is -0.660. The van der Waals surface area contributed by atoms with Crippen LogP contribution in [0, 0.1) is 0 Å². The Bertz CT molecular complexity index is 381. The van der Waals surface area contributed by atoms with Gasteiger partial charge in [0.25, 0.3) is 0 Å². The first-order valence-corrected chi connectivity index (χ1v) is 14.1. The van der Waals surface area contributed by atoms with Crippen LogP contribution in [-0.2, 0) is 0 Å². The zero-order valence-electron chi connectivity index (χ0n) is 22.0. The maximum absolute atomic E-state index is 4.38. The second-order valence-electron chi connectivity index (χ2n) is 9.51. The van der Waals surface area contributed by atoms with Gasteiger partial charge in [-0.15, -0.1) is 0 Å². The van der Waals surface area contributed by atoms with Crippen molar-refractivity contribution in [2.24, 2.45) is 9.98 Å². The van der Waals surface area contributed by atoms with Crippen molar-refractivity contribution in [3.63, 3.8) is 0 Å². The fourth-order valence-corrected chi connectivity index (χ4v) is 3.93. The van der Waals surface area contributed by atoms with Crippen molar-refractivity contribution < 1.29 is 0 Å². The lowest BCUT2D eigenvalue weighted by Crippen LogP contribution is -2.27. The van der Waals surface area contributed by atoms with Crippen LogP contribution in [0.25, 0.3) is 0 Å². The monoisotopic (exact) mass is 435 g/mol. The number of unbranched alkanes of at least 4 members (excludes halogenated alkanes) is 14. The Balaban J connectivity index is 4.01. The zero-order chi connectivity index (χ0) is 22.8. The molecule has 1 atom stereocenters. The second-order valence-corrected chi connectivity index (χ2v) is 9.51. The summed E-state index contributed by atoms with van der Waals surface area (Å²) < 4.78 is 0. The van der Waals surface area contributed by atoms with Crippen LogP contribution in [0.15, 0.2) is 9.98 Å². The molecule has 1 unspecified atom stereocenters. The minimum absolute atomic E-state index is 0.351. The summed E-state index contributed by atoms with van der Waals surface area (Å²) >= 11 is 0. The first kappa shape index (κ1) is 30.3. The van der Waals surface area contributed by atoms with E-state index in [2.05, 4.69) is 48.6 Å². The molecule has 0 saturated heterocycles. The van der Waals surface area contributed by atoms with Gasteiger partial charge in [0.1, 0.15) is 0 Å². The SMILES string of the molecule is CCCCCCCCCCN(CCCCCCCCCC)CCCN=C=NC(C)CC. The maximum Gasteiger partial charge on any atom is 0.0895 e. The second kappa shape index (κ2) is 25.6. The summed E-state index contributed by atoms with van der Waals surface area (Å²) in [5.74, 6) is 0. The lowest BCUT2D eigenvalue weighted by Gasteiger charge is -2.22. The van der Waals surface area contributed by atoms with E-state index >= 15 is 0 Å². The Morgan fingerprint density at radius 2 is 1.00 bits per heavy atom. The van der Waals surface area contributed by atoms with E-state index in [1.54, 1.807) is 0 Å². The molecular weight excluding hydrogens is 378 g/mol. The number of rotatable bonds is 24. The molecule has 0 fully saturated rings. The maximum atomic E-state index is 4.38. The standard InChI is InChI=1S/C28H57N3/c1-5-8-10-12-14-16-18-20-24-31(25-21-19-17-15-13-11-9-6-2)26-22-23-29-27-30-28(4)7-3/h28H,5-26H2,1-4H3. The summed E-state index contributed by atoms with van der Waals surface area (Å²) in [6.07, 6.45) is 24.7. The molecule has 0 aromatic rings. The van der Waals surface area contributed by atoms with Crippen LogP contribution < -0.4 is 0 Å². The third-order valence-corrected chi connectivity index (χ3v) is 6.34.